The van der Waals surface area contributed by atoms with Gasteiger partial charge in [-0.3, -0.25) is 9.10 Å². The summed E-state index contributed by atoms with van der Waals surface area (Å²) < 4.78 is 44.4. The van der Waals surface area contributed by atoms with Gasteiger partial charge in [0.2, 0.25) is 5.91 Å². The molecule has 1 amide bonds. The fourth-order valence-corrected chi connectivity index (χ4v) is 6.61. The molecule has 3 rings (SSSR count). The Balaban J connectivity index is 1.79. The van der Waals surface area contributed by atoms with Crippen molar-refractivity contribution in [2.24, 2.45) is 0 Å². The van der Waals surface area contributed by atoms with Crippen LogP contribution >= 0.6 is 11.8 Å². The number of methoxy groups -OCH3 is 2. The van der Waals surface area contributed by atoms with Crippen LogP contribution in [0.5, 0.6) is 17.2 Å². The van der Waals surface area contributed by atoms with Gasteiger partial charge in [0.05, 0.1) is 31.4 Å². The zero-order valence-corrected chi connectivity index (χ0v) is 22.1. The average Bonchev–Trinajstić information content (AvgIpc) is 3.39. The van der Waals surface area contributed by atoms with E-state index in [4.69, 9.17) is 14.2 Å². The van der Waals surface area contributed by atoms with Crippen molar-refractivity contribution in [3.8, 4) is 17.2 Å². The van der Waals surface area contributed by atoms with Crippen LogP contribution in [0.1, 0.15) is 32.6 Å². The van der Waals surface area contributed by atoms with Crippen LogP contribution in [0, 0.1) is 0 Å². The van der Waals surface area contributed by atoms with E-state index in [1.165, 1.54) is 58.1 Å². The largest absolute Gasteiger partial charge is 0.494 e. The van der Waals surface area contributed by atoms with E-state index in [2.05, 4.69) is 5.32 Å². The third-order valence-electron chi connectivity index (χ3n) is 5.75. The Morgan fingerprint density at radius 2 is 1.74 bits per heavy atom. The van der Waals surface area contributed by atoms with Crippen molar-refractivity contribution >= 4 is 33.4 Å². The first-order chi connectivity index (χ1) is 16.9. The molecule has 0 aromatic heterocycles. The Bertz CT molecular complexity index is 1070. The highest BCUT2D eigenvalue weighted by Gasteiger charge is 2.28. The number of ether oxygens (including phenoxy) is 3. The van der Waals surface area contributed by atoms with Gasteiger partial charge < -0.3 is 19.5 Å². The molecule has 10 heteroatoms. The number of sulfonamides is 1. The minimum atomic E-state index is -4.08. The molecule has 0 spiro atoms. The number of hydrogen-bond acceptors (Lipinski definition) is 7. The molecular weight excluding hydrogens is 488 g/mol. The number of rotatable bonds is 13. The number of anilines is 1. The topological polar surface area (TPSA) is 94.2 Å². The summed E-state index contributed by atoms with van der Waals surface area (Å²) in [5.74, 6) is 1.76. The molecule has 1 saturated carbocycles. The number of benzene rings is 2. The second-order valence-corrected chi connectivity index (χ2v) is 11.4. The summed E-state index contributed by atoms with van der Waals surface area (Å²) in [5, 5.41) is 3.53. The maximum absolute atomic E-state index is 13.7. The smallest absolute Gasteiger partial charge is 0.264 e. The zero-order valence-electron chi connectivity index (χ0n) is 20.5. The Kier molecular flexibility index (Phi) is 9.97. The van der Waals surface area contributed by atoms with Gasteiger partial charge in [-0.25, -0.2) is 8.42 Å². The summed E-state index contributed by atoms with van der Waals surface area (Å²) in [5.41, 5.74) is 0.360. The lowest BCUT2D eigenvalue weighted by Crippen LogP contribution is -2.41. The van der Waals surface area contributed by atoms with E-state index in [0.717, 1.165) is 10.1 Å². The van der Waals surface area contributed by atoms with Gasteiger partial charge in [-0.1, -0.05) is 12.8 Å². The highest BCUT2D eigenvalue weighted by Crippen LogP contribution is 2.33. The number of hydrogen-bond donors (Lipinski definition) is 1. The minimum absolute atomic E-state index is 0.00590. The summed E-state index contributed by atoms with van der Waals surface area (Å²) >= 11 is 1.87. The van der Waals surface area contributed by atoms with Crippen LogP contribution in [-0.4, -0.2) is 59.2 Å². The van der Waals surface area contributed by atoms with E-state index < -0.39 is 10.0 Å². The Hall–Kier alpha value is -2.59. The van der Waals surface area contributed by atoms with Gasteiger partial charge in [-0.2, -0.15) is 11.8 Å². The van der Waals surface area contributed by atoms with Crippen LogP contribution in [0.3, 0.4) is 0 Å². The fraction of sp³-hybridized carbons (Fsp3) is 0.480. The van der Waals surface area contributed by atoms with Crippen LogP contribution in [-0.2, 0) is 14.8 Å². The standard InChI is InChI=1S/C25H34N2O6S2/c1-4-33-20-11-9-19(10-12-20)27(18-25(28)26-15-16-34-21-7-5-6-8-21)35(29,30)22-13-14-23(31-2)24(17-22)32-3/h9-14,17,21H,4-8,15-16,18H2,1-3H3,(H,26,28). The molecule has 2 aromatic carbocycles. The first-order valence-electron chi connectivity index (χ1n) is 11.7. The third-order valence-corrected chi connectivity index (χ3v) is 8.90. The van der Waals surface area contributed by atoms with Crippen molar-refractivity contribution in [2.75, 3.05) is 44.0 Å². The zero-order chi connectivity index (χ0) is 25.3. The van der Waals surface area contributed by atoms with Crippen molar-refractivity contribution in [2.45, 2.75) is 42.8 Å². The summed E-state index contributed by atoms with van der Waals surface area (Å²) in [4.78, 5) is 12.8. The monoisotopic (exact) mass is 522 g/mol. The van der Waals surface area contributed by atoms with Crippen LogP contribution in [0.25, 0.3) is 0 Å². The lowest BCUT2D eigenvalue weighted by molar-refractivity contribution is -0.119. The van der Waals surface area contributed by atoms with Gasteiger partial charge in [0.15, 0.2) is 11.5 Å². The third kappa shape index (κ3) is 7.20. The molecule has 0 unspecified atom stereocenters. The van der Waals surface area contributed by atoms with Gasteiger partial charge in [0.1, 0.15) is 12.3 Å². The lowest BCUT2D eigenvalue weighted by Gasteiger charge is -2.25. The quantitative estimate of drug-likeness (QED) is 0.396. The van der Waals surface area contributed by atoms with Crippen molar-refractivity contribution < 1.29 is 27.4 Å². The first kappa shape index (κ1) is 27.0. The predicted molar refractivity (Wildman–Crippen MR) is 139 cm³/mol. The molecule has 0 radical (unpaired) electrons. The van der Waals surface area contributed by atoms with E-state index >= 15 is 0 Å². The summed E-state index contributed by atoms with van der Waals surface area (Å²) in [6.07, 6.45) is 5.01. The van der Waals surface area contributed by atoms with Crippen molar-refractivity contribution in [1.82, 2.24) is 5.32 Å². The van der Waals surface area contributed by atoms with E-state index in [0.29, 0.717) is 35.6 Å². The van der Waals surface area contributed by atoms with Gasteiger partial charge in [-0.15, -0.1) is 0 Å². The molecular formula is C25H34N2O6S2. The van der Waals surface area contributed by atoms with E-state index in [-0.39, 0.29) is 23.1 Å². The van der Waals surface area contributed by atoms with E-state index in [1.54, 1.807) is 24.3 Å². The highest BCUT2D eigenvalue weighted by atomic mass is 32.2. The van der Waals surface area contributed by atoms with Crippen LogP contribution < -0.4 is 23.8 Å². The van der Waals surface area contributed by atoms with E-state index in [1.807, 2.05) is 18.7 Å². The summed E-state index contributed by atoms with van der Waals surface area (Å²) in [6.45, 7) is 2.51. The Morgan fingerprint density at radius 3 is 2.37 bits per heavy atom. The van der Waals surface area contributed by atoms with Crippen molar-refractivity contribution in [1.29, 1.82) is 0 Å². The second kappa shape index (κ2) is 12.9. The summed E-state index contributed by atoms with van der Waals surface area (Å²) in [6, 6.07) is 11.0. The number of nitrogens with one attached hydrogen (secondary N) is 1. The van der Waals surface area contributed by atoms with Gasteiger partial charge >= 0.3 is 0 Å². The molecule has 1 aliphatic rings. The SMILES string of the molecule is CCOc1ccc(N(CC(=O)NCCSC2CCCC2)S(=O)(=O)c2ccc(OC)c(OC)c2)cc1. The molecule has 1 N–H and O–H groups in total. The molecule has 1 fully saturated rings. The molecule has 8 nitrogen and oxygen atoms in total. The molecule has 2 aromatic rings. The fourth-order valence-electron chi connectivity index (χ4n) is 3.95. The molecule has 0 aliphatic heterocycles. The van der Waals surface area contributed by atoms with E-state index in [9.17, 15) is 13.2 Å². The maximum atomic E-state index is 13.7. The first-order valence-corrected chi connectivity index (χ1v) is 14.2. The number of nitrogens with zero attached hydrogens (tertiary/aromatic N) is 1. The maximum Gasteiger partial charge on any atom is 0.264 e. The number of thioether (sulfide) groups is 1. The highest BCUT2D eigenvalue weighted by molar-refractivity contribution is 7.99. The van der Waals surface area contributed by atoms with Crippen LogP contribution in [0.15, 0.2) is 47.4 Å². The average molecular weight is 523 g/mol. The van der Waals surface area contributed by atoms with Gasteiger partial charge in [0, 0.05) is 23.6 Å². The second-order valence-electron chi connectivity index (χ2n) is 8.08. The molecule has 0 bridgehead atoms. The van der Waals surface area contributed by atoms with Crippen molar-refractivity contribution in [3.63, 3.8) is 0 Å². The van der Waals surface area contributed by atoms with Gasteiger partial charge in [0.25, 0.3) is 10.0 Å². The Labute approximate surface area is 212 Å². The van der Waals surface area contributed by atoms with Crippen molar-refractivity contribution in [3.05, 3.63) is 42.5 Å². The number of amides is 1. The molecule has 192 valence electrons. The molecule has 0 atom stereocenters. The lowest BCUT2D eigenvalue weighted by atomic mass is 10.3. The molecule has 0 heterocycles. The van der Waals surface area contributed by atoms with Gasteiger partial charge in [-0.05, 0) is 56.2 Å². The minimum Gasteiger partial charge on any atom is -0.494 e. The van der Waals surface area contributed by atoms with Crippen LogP contribution in [0.4, 0.5) is 5.69 Å². The van der Waals surface area contributed by atoms with Crippen LogP contribution in [0.2, 0.25) is 0 Å². The predicted octanol–water partition coefficient (Wildman–Crippen LogP) is 4.09. The molecule has 1 aliphatic carbocycles. The summed E-state index contributed by atoms with van der Waals surface area (Å²) in [7, 11) is -1.16. The normalized spacial score (nSPS) is 13.9. The number of carbonyl (C=O) groups is 1. The molecule has 0 saturated heterocycles. The Morgan fingerprint density at radius 1 is 1.06 bits per heavy atom. The molecule has 35 heavy (non-hydrogen) atoms. The number of carbonyl (C=O) groups excluding carboxylic acids is 1.